The third-order valence-electron chi connectivity index (χ3n) is 4.75. The summed E-state index contributed by atoms with van der Waals surface area (Å²) in [5.74, 6) is -0.282. The number of carbonyl (C=O) groups excluding carboxylic acids is 1. The van der Waals surface area contributed by atoms with Crippen molar-refractivity contribution in [1.82, 2.24) is 10.6 Å². The van der Waals surface area contributed by atoms with Crippen molar-refractivity contribution in [1.29, 1.82) is 0 Å². The molecule has 2 aromatic rings. The first kappa shape index (κ1) is 18.4. The van der Waals surface area contributed by atoms with Gasteiger partial charge in [0.1, 0.15) is 6.61 Å². The summed E-state index contributed by atoms with van der Waals surface area (Å²) in [4.78, 5) is 10.9. The number of thiocarbonyl (C=S) groups is 1. The molecule has 0 fully saturated rings. The second-order valence-corrected chi connectivity index (χ2v) is 7.03. The van der Waals surface area contributed by atoms with E-state index in [1.165, 1.54) is 23.6 Å². The van der Waals surface area contributed by atoms with E-state index in [4.69, 9.17) is 17.0 Å². The molecule has 0 aromatic heterocycles. The van der Waals surface area contributed by atoms with Gasteiger partial charge >= 0.3 is 5.97 Å². The fourth-order valence-corrected chi connectivity index (χ4v) is 3.91. The van der Waals surface area contributed by atoms with Crippen molar-refractivity contribution >= 4 is 23.3 Å². The monoisotopic (exact) mass is 368 g/mol. The predicted molar refractivity (Wildman–Crippen MR) is 107 cm³/mol. The molecule has 0 bridgehead atoms. The van der Waals surface area contributed by atoms with Crippen LogP contribution in [0, 0.1) is 0 Å². The maximum absolute atomic E-state index is 10.9. The molecule has 0 aliphatic heterocycles. The highest BCUT2D eigenvalue weighted by atomic mass is 32.1. The number of nitrogens with one attached hydrogen (secondary N) is 2. The average molecular weight is 369 g/mol. The van der Waals surface area contributed by atoms with Gasteiger partial charge < -0.3 is 15.4 Å². The molecule has 4 nitrogen and oxygen atoms in total. The fraction of sp³-hybridized carbons (Fsp3) is 0.333. The van der Waals surface area contributed by atoms with Crippen LogP contribution >= 0.6 is 12.2 Å². The summed E-state index contributed by atoms with van der Waals surface area (Å²) < 4.78 is 4.95. The minimum Gasteiger partial charge on any atom is -0.464 e. The van der Waals surface area contributed by atoms with Gasteiger partial charge in [-0.25, -0.2) is 0 Å². The van der Waals surface area contributed by atoms with Crippen LogP contribution in [0.4, 0.5) is 0 Å². The van der Waals surface area contributed by atoms with Crippen LogP contribution in [-0.4, -0.2) is 24.2 Å². The molecule has 3 rings (SSSR count). The molecule has 1 atom stereocenters. The zero-order valence-electron chi connectivity index (χ0n) is 15.0. The van der Waals surface area contributed by atoms with E-state index in [0.717, 1.165) is 19.3 Å². The zero-order valence-corrected chi connectivity index (χ0v) is 15.8. The van der Waals surface area contributed by atoms with Gasteiger partial charge in [0.2, 0.25) is 0 Å². The Balaban J connectivity index is 1.75. The lowest BCUT2D eigenvalue weighted by Gasteiger charge is -2.33. The fourth-order valence-electron chi connectivity index (χ4n) is 3.61. The van der Waals surface area contributed by atoms with E-state index >= 15 is 0 Å². The van der Waals surface area contributed by atoms with Crippen LogP contribution in [0.15, 0.2) is 54.6 Å². The standard InChI is InChI=1S/C21H24N2O2S/c1-16(24)25-14-13-22-20(26)23-21(15-17-7-3-2-4-8-17)12-11-18-9-5-6-10-19(18)21/h2-10H,11-15H2,1H3,(H2,22,23,26). The number of carbonyl (C=O) groups is 1. The molecule has 0 saturated heterocycles. The highest BCUT2D eigenvalue weighted by Gasteiger charge is 2.39. The Bertz CT molecular complexity index is 779. The second kappa shape index (κ2) is 8.32. The summed E-state index contributed by atoms with van der Waals surface area (Å²) in [6.07, 6.45) is 2.90. The molecular weight excluding hydrogens is 344 g/mol. The quantitative estimate of drug-likeness (QED) is 0.466. The first-order valence-corrected chi connectivity index (χ1v) is 9.32. The minimum absolute atomic E-state index is 0.219. The van der Waals surface area contributed by atoms with Crippen LogP contribution in [0.3, 0.4) is 0 Å². The number of hydrogen-bond donors (Lipinski definition) is 2. The Morgan fingerprint density at radius 3 is 2.65 bits per heavy atom. The van der Waals surface area contributed by atoms with Crippen LogP contribution in [0.2, 0.25) is 0 Å². The van der Waals surface area contributed by atoms with E-state index in [1.807, 2.05) is 6.07 Å². The Labute approximate surface area is 160 Å². The van der Waals surface area contributed by atoms with Crippen molar-refractivity contribution in [2.24, 2.45) is 0 Å². The van der Waals surface area contributed by atoms with Crippen LogP contribution in [0.1, 0.15) is 30.0 Å². The van der Waals surface area contributed by atoms with Gasteiger partial charge in [-0.15, -0.1) is 0 Å². The van der Waals surface area contributed by atoms with Gasteiger partial charge in [0.25, 0.3) is 0 Å². The number of esters is 1. The first-order valence-electron chi connectivity index (χ1n) is 8.91. The molecule has 0 amide bonds. The lowest BCUT2D eigenvalue weighted by atomic mass is 9.85. The van der Waals surface area contributed by atoms with Crippen molar-refractivity contribution in [3.63, 3.8) is 0 Å². The molecule has 2 aromatic carbocycles. The van der Waals surface area contributed by atoms with Crippen molar-refractivity contribution in [3.05, 3.63) is 71.3 Å². The van der Waals surface area contributed by atoms with Gasteiger partial charge in [0.15, 0.2) is 5.11 Å². The van der Waals surface area contributed by atoms with Gasteiger partial charge in [-0.3, -0.25) is 4.79 Å². The van der Waals surface area contributed by atoms with Crippen LogP contribution in [0.25, 0.3) is 0 Å². The number of hydrogen-bond acceptors (Lipinski definition) is 3. The van der Waals surface area contributed by atoms with E-state index in [9.17, 15) is 4.79 Å². The van der Waals surface area contributed by atoms with Gasteiger partial charge in [0.05, 0.1) is 12.1 Å². The maximum atomic E-state index is 10.9. The Kier molecular flexibility index (Phi) is 5.89. The lowest BCUT2D eigenvalue weighted by Crippen LogP contribution is -2.50. The van der Waals surface area contributed by atoms with Crippen molar-refractivity contribution < 1.29 is 9.53 Å². The summed E-state index contributed by atoms with van der Waals surface area (Å²) in [5, 5.41) is 7.30. The predicted octanol–water partition coefficient (Wildman–Crippen LogP) is 3.10. The SMILES string of the molecule is CC(=O)OCCNC(=S)NC1(Cc2ccccc2)CCc2ccccc21. The summed E-state index contributed by atoms with van der Waals surface area (Å²) in [6.45, 7) is 2.20. The Morgan fingerprint density at radius 1 is 1.15 bits per heavy atom. The number of ether oxygens (including phenoxy) is 1. The van der Waals surface area contributed by atoms with Crippen LogP contribution in [0.5, 0.6) is 0 Å². The molecule has 0 heterocycles. The van der Waals surface area contributed by atoms with E-state index in [1.54, 1.807) is 0 Å². The van der Waals surface area contributed by atoms with E-state index < -0.39 is 0 Å². The van der Waals surface area contributed by atoms with Gasteiger partial charge in [-0.2, -0.15) is 0 Å². The largest absolute Gasteiger partial charge is 0.464 e. The maximum Gasteiger partial charge on any atom is 0.302 e. The lowest BCUT2D eigenvalue weighted by molar-refractivity contribution is -0.140. The van der Waals surface area contributed by atoms with Crippen molar-refractivity contribution in [3.8, 4) is 0 Å². The third-order valence-corrected chi connectivity index (χ3v) is 4.99. The normalized spacial score (nSPS) is 18.0. The zero-order chi connectivity index (χ0) is 18.4. The number of fused-ring (bicyclic) bond motifs is 1. The van der Waals surface area contributed by atoms with Crippen LogP contribution in [-0.2, 0) is 27.9 Å². The molecule has 0 radical (unpaired) electrons. The molecule has 1 aliphatic carbocycles. The number of rotatable bonds is 6. The minimum atomic E-state index is -0.282. The highest BCUT2D eigenvalue weighted by Crippen LogP contribution is 2.39. The van der Waals surface area contributed by atoms with Gasteiger partial charge in [-0.05, 0) is 48.2 Å². The second-order valence-electron chi connectivity index (χ2n) is 6.62. The molecule has 0 spiro atoms. The molecule has 5 heteroatoms. The Morgan fingerprint density at radius 2 is 1.88 bits per heavy atom. The topological polar surface area (TPSA) is 50.4 Å². The molecule has 0 saturated carbocycles. The van der Waals surface area contributed by atoms with Gasteiger partial charge in [-0.1, -0.05) is 54.6 Å². The number of benzene rings is 2. The van der Waals surface area contributed by atoms with E-state index in [0.29, 0.717) is 18.3 Å². The molecule has 1 aliphatic rings. The summed E-state index contributed by atoms with van der Waals surface area (Å²) in [7, 11) is 0. The summed E-state index contributed by atoms with van der Waals surface area (Å²) >= 11 is 5.52. The smallest absolute Gasteiger partial charge is 0.302 e. The van der Waals surface area contributed by atoms with E-state index in [-0.39, 0.29) is 11.5 Å². The molecule has 2 N–H and O–H groups in total. The first-order chi connectivity index (χ1) is 12.6. The summed E-state index contributed by atoms with van der Waals surface area (Å²) in [6, 6.07) is 19.0. The molecule has 136 valence electrons. The third kappa shape index (κ3) is 4.41. The van der Waals surface area contributed by atoms with Crippen LogP contribution < -0.4 is 10.6 Å². The van der Waals surface area contributed by atoms with Crippen molar-refractivity contribution in [2.45, 2.75) is 31.7 Å². The summed E-state index contributed by atoms with van der Waals surface area (Å²) in [5.41, 5.74) is 3.75. The van der Waals surface area contributed by atoms with Gasteiger partial charge in [0, 0.05) is 6.92 Å². The molecule has 26 heavy (non-hydrogen) atoms. The molecule has 1 unspecified atom stereocenters. The average Bonchev–Trinajstić information content (AvgIpc) is 2.98. The molecular formula is C21H24N2O2S. The van der Waals surface area contributed by atoms with Crippen molar-refractivity contribution in [2.75, 3.05) is 13.2 Å². The number of aryl methyl sites for hydroxylation is 1. The van der Waals surface area contributed by atoms with E-state index in [2.05, 4.69) is 59.2 Å². The highest BCUT2D eigenvalue weighted by molar-refractivity contribution is 7.80. The Hall–Kier alpha value is -2.40.